The number of aliphatic hydroxyl groups excluding tert-OH is 1. The highest BCUT2D eigenvalue weighted by atomic mass is 19.1. The average Bonchev–Trinajstić information content (AvgIpc) is 2.81. The number of benzene rings is 2. The van der Waals surface area contributed by atoms with Crippen molar-refractivity contribution in [2.24, 2.45) is 0 Å². The first-order valence-electron chi connectivity index (χ1n) is 10.5. The Kier molecular flexibility index (Phi) is 6.78. The molecule has 32 heavy (non-hydrogen) atoms. The molecule has 0 spiro atoms. The summed E-state index contributed by atoms with van der Waals surface area (Å²) in [6.07, 6.45) is 1.69. The maximum absolute atomic E-state index is 14.5. The van der Waals surface area contributed by atoms with Crippen LogP contribution in [0.25, 0.3) is 11.1 Å². The van der Waals surface area contributed by atoms with E-state index in [4.69, 9.17) is 14.6 Å². The van der Waals surface area contributed by atoms with Crippen LogP contribution in [0.2, 0.25) is 0 Å². The van der Waals surface area contributed by atoms with Crippen LogP contribution in [0.3, 0.4) is 0 Å². The Morgan fingerprint density at radius 3 is 2.69 bits per heavy atom. The molecule has 2 aromatic carbocycles. The first-order valence-corrected chi connectivity index (χ1v) is 10.5. The third-order valence-electron chi connectivity index (χ3n) is 5.41. The lowest BCUT2D eigenvalue weighted by molar-refractivity contribution is 0.0988. The lowest BCUT2D eigenvalue weighted by Crippen LogP contribution is -2.17. The second-order valence-electron chi connectivity index (χ2n) is 7.65. The SMILES string of the molecule is Cc1c(CC(=O)c2ccc(CNCCO)cn2)cc(F)cc1-c1ccc2c(c1)OCCO2. The van der Waals surface area contributed by atoms with Crippen molar-refractivity contribution in [3.8, 4) is 22.6 Å². The molecule has 4 rings (SSSR count). The van der Waals surface area contributed by atoms with Gasteiger partial charge in [0.05, 0.1) is 6.61 Å². The van der Waals surface area contributed by atoms with Crippen LogP contribution in [-0.4, -0.2) is 42.2 Å². The minimum absolute atomic E-state index is 0.0518. The largest absolute Gasteiger partial charge is 0.486 e. The lowest BCUT2D eigenvalue weighted by atomic mass is 9.93. The van der Waals surface area contributed by atoms with Gasteiger partial charge in [-0.25, -0.2) is 4.39 Å². The fourth-order valence-electron chi connectivity index (χ4n) is 3.70. The Bertz CT molecular complexity index is 1120. The zero-order valence-corrected chi connectivity index (χ0v) is 17.9. The predicted octanol–water partition coefficient (Wildman–Crippen LogP) is 3.47. The molecule has 1 aromatic heterocycles. The average molecular weight is 436 g/mol. The van der Waals surface area contributed by atoms with Gasteiger partial charge in [0.25, 0.3) is 0 Å². The molecule has 0 radical (unpaired) electrons. The maximum Gasteiger partial charge on any atom is 0.185 e. The molecule has 2 N–H and O–H groups in total. The molecular weight excluding hydrogens is 411 g/mol. The third-order valence-corrected chi connectivity index (χ3v) is 5.41. The molecule has 0 aliphatic carbocycles. The zero-order chi connectivity index (χ0) is 22.5. The van der Waals surface area contributed by atoms with Gasteiger partial charge in [0.15, 0.2) is 17.3 Å². The number of pyridine rings is 1. The van der Waals surface area contributed by atoms with E-state index in [1.54, 1.807) is 12.3 Å². The van der Waals surface area contributed by atoms with Gasteiger partial charge >= 0.3 is 0 Å². The quantitative estimate of drug-likeness (QED) is 0.416. The van der Waals surface area contributed by atoms with Crippen molar-refractivity contribution in [1.29, 1.82) is 0 Å². The van der Waals surface area contributed by atoms with Crippen molar-refractivity contribution < 1.29 is 23.8 Å². The van der Waals surface area contributed by atoms with Crippen molar-refractivity contribution >= 4 is 5.78 Å². The Morgan fingerprint density at radius 2 is 1.94 bits per heavy atom. The number of carbonyl (C=O) groups excluding carboxylic acids is 1. The lowest BCUT2D eigenvalue weighted by Gasteiger charge is -2.20. The summed E-state index contributed by atoms with van der Waals surface area (Å²) in [6.45, 7) is 3.98. The summed E-state index contributed by atoms with van der Waals surface area (Å²) in [7, 11) is 0. The molecule has 0 atom stereocenters. The molecule has 3 aromatic rings. The standard InChI is InChI=1S/C25H25FN2O4/c1-16-19(11-23(30)22-4-2-17(15-28-22)14-27-6-7-29)10-20(26)13-21(16)18-3-5-24-25(12-18)32-9-8-31-24/h2-5,10,12-13,15,27,29H,6-9,11,14H2,1H3. The molecule has 2 heterocycles. The number of nitrogens with one attached hydrogen (secondary N) is 1. The number of ketones is 1. The van der Waals surface area contributed by atoms with Crippen LogP contribution >= 0.6 is 0 Å². The number of hydrogen-bond donors (Lipinski definition) is 2. The van der Waals surface area contributed by atoms with Gasteiger partial charge in [-0.1, -0.05) is 12.1 Å². The molecular formula is C25H25FN2O4. The van der Waals surface area contributed by atoms with Gasteiger partial charge in [-0.3, -0.25) is 9.78 Å². The number of aromatic nitrogens is 1. The second-order valence-corrected chi connectivity index (χ2v) is 7.65. The van der Waals surface area contributed by atoms with Crippen molar-refractivity contribution in [2.75, 3.05) is 26.4 Å². The van der Waals surface area contributed by atoms with Crippen LogP contribution in [0.5, 0.6) is 11.5 Å². The van der Waals surface area contributed by atoms with E-state index in [-0.39, 0.29) is 18.8 Å². The summed E-state index contributed by atoms with van der Waals surface area (Å²) in [5.41, 5.74) is 4.22. The van der Waals surface area contributed by atoms with Crippen LogP contribution in [0.1, 0.15) is 27.2 Å². The molecule has 0 fully saturated rings. The van der Waals surface area contributed by atoms with Gasteiger partial charge < -0.3 is 19.9 Å². The number of fused-ring (bicyclic) bond motifs is 1. The van der Waals surface area contributed by atoms with Crippen molar-refractivity contribution in [1.82, 2.24) is 10.3 Å². The van der Waals surface area contributed by atoms with Crippen molar-refractivity contribution in [3.05, 3.63) is 76.9 Å². The van der Waals surface area contributed by atoms with Crippen LogP contribution in [0.15, 0.2) is 48.7 Å². The van der Waals surface area contributed by atoms with E-state index in [9.17, 15) is 9.18 Å². The van der Waals surface area contributed by atoms with E-state index < -0.39 is 5.82 Å². The number of rotatable bonds is 8. The smallest absolute Gasteiger partial charge is 0.185 e. The molecule has 0 saturated carbocycles. The molecule has 6 nitrogen and oxygen atoms in total. The fraction of sp³-hybridized carbons (Fsp3) is 0.280. The monoisotopic (exact) mass is 436 g/mol. The van der Waals surface area contributed by atoms with E-state index in [2.05, 4.69) is 10.3 Å². The van der Waals surface area contributed by atoms with Crippen molar-refractivity contribution in [3.63, 3.8) is 0 Å². The number of halogens is 1. The van der Waals surface area contributed by atoms with E-state index in [1.807, 2.05) is 31.2 Å². The first-order chi connectivity index (χ1) is 15.5. The Hall–Kier alpha value is -3.29. The van der Waals surface area contributed by atoms with Gasteiger partial charge in [-0.2, -0.15) is 0 Å². The van der Waals surface area contributed by atoms with Gasteiger partial charge in [-0.15, -0.1) is 0 Å². The zero-order valence-electron chi connectivity index (χ0n) is 17.9. The fourth-order valence-corrected chi connectivity index (χ4v) is 3.70. The molecule has 0 amide bonds. The second kappa shape index (κ2) is 9.89. The molecule has 166 valence electrons. The molecule has 0 unspecified atom stereocenters. The summed E-state index contributed by atoms with van der Waals surface area (Å²) in [6, 6.07) is 11.9. The molecule has 7 heteroatoms. The Labute approximate surface area is 186 Å². The normalized spacial score (nSPS) is 12.6. The predicted molar refractivity (Wildman–Crippen MR) is 119 cm³/mol. The topological polar surface area (TPSA) is 80.7 Å². The van der Waals surface area contributed by atoms with Crippen molar-refractivity contribution in [2.45, 2.75) is 19.9 Å². The highest BCUT2D eigenvalue weighted by Gasteiger charge is 2.17. The third kappa shape index (κ3) is 4.95. The number of ether oxygens (including phenoxy) is 2. The number of nitrogens with zero attached hydrogens (tertiary/aromatic N) is 1. The number of aliphatic hydroxyl groups is 1. The van der Waals surface area contributed by atoms with E-state index >= 15 is 0 Å². The first kappa shape index (κ1) is 21.9. The van der Waals surface area contributed by atoms with Crippen LogP contribution in [0.4, 0.5) is 4.39 Å². The van der Waals surface area contributed by atoms with E-state index in [1.165, 1.54) is 12.1 Å². The van der Waals surface area contributed by atoms with E-state index in [0.29, 0.717) is 54.6 Å². The van der Waals surface area contributed by atoms with E-state index in [0.717, 1.165) is 16.7 Å². The molecule has 1 aliphatic heterocycles. The highest BCUT2D eigenvalue weighted by Crippen LogP contribution is 2.36. The summed E-state index contributed by atoms with van der Waals surface area (Å²) in [4.78, 5) is 17.1. The van der Waals surface area contributed by atoms with Gasteiger partial charge in [0.2, 0.25) is 0 Å². The maximum atomic E-state index is 14.5. The molecule has 0 saturated heterocycles. The minimum atomic E-state index is -0.401. The summed E-state index contributed by atoms with van der Waals surface area (Å²) in [5, 5.41) is 11.9. The molecule has 0 bridgehead atoms. The highest BCUT2D eigenvalue weighted by molar-refractivity contribution is 5.96. The summed E-state index contributed by atoms with van der Waals surface area (Å²) in [5.74, 6) is 0.724. The van der Waals surface area contributed by atoms with Crippen LogP contribution in [-0.2, 0) is 13.0 Å². The van der Waals surface area contributed by atoms with Crippen LogP contribution < -0.4 is 14.8 Å². The van der Waals surface area contributed by atoms with Gasteiger partial charge in [-0.05, 0) is 65.1 Å². The van der Waals surface area contributed by atoms with Gasteiger partial charge in [0.1, 0.15) is 24.7 Å². The summed E-state index contributed by atoms with van der Waals surface area (Å²) < 4.78 is 25.7. The minimum Gasteiger partial charge on any atom is -0.486 e. The Morgan fingerprint density at radius 1 is 1.12 bits per heavy atom. The van der Waals surface area contributed by atoms with Gasteiger partial charge in [0, 0.05) is 25.7 Å². The number of carbonyl (C=O) groups is 1. The summed E-state index contributed by atoms with van der Waals surface area (Å²) >= 11 is 0. The number of hydrogen-bond acceptors (Lipinski definition) is 6. The Balaban J connectivity index is 1.54. The van der Waals surface area contributed by atoms with Crippen LogP contribution in [0, 0.1) is 12.7 Å². The number of Topliss-reactive ketones (excluding diaryl/α,β-unsaturated/α-hetero) is 1. The molecule has 1 aliphatic rings.